The average Bonchev–Trinajstić information content (AvgIpc) is 3.04. The van der Waals surface area contributed by atoms with Crippen molar-refractivity contribution in [3.8, 4) is 0 Å². The van der Waals surface area contributed by atoms with Crippen LogP contribution < -0.4 is 5.32 Å². The number of hydrogen-bond acceptors (Lipinski definition) is 6. The number of benzene rings is 1. The minimum atomic E-state index is -3.73. The molecule has 2 aromatic rings. The molecular formula is C14H19N5O4S. The number of aromatic nitrogens is 3. The fraction of sp³-hybridized carbons (Fsp3) is 0.357. The Morgan fingerprint density at radius 3 is 2.62 bits per heavy atom. The van der Waals surface area contributed by atoms with Crippen LogP contribution in [0, 0.1) is 0 Å². The standard InChI is InChI=1S/C14H19N5O4S/c1-11(13-15-10-19(17-13)24(21,22)18(2)3)16-14(20)23-9-12-7-5-4-6-8-12/h4-8,10-11H,9H2,1-3H3,(H,16,20). The topological polar surface area (TPSA) is 106 Å². The second-order valence-electron chi connectivity index (χ2n) is 5.19. The lowest BCUT2D eigenvalue weighted by Gasteiger charge is -2.12. The molecule has 0 aliphatic carbocycles. The number of rotatable bonds is 6. The second-order valence-corrected chi connectivity index (χ2v) is 7.19. The van der Waals surface area contributed by atoms with E-state index in [1.54, 1.807) is 6.92 Å². The van der Waals surface area contributed by atoms with Gasteiger partial charge in [-0.05, 0) is 12.5 Å². The van der Waals surface area contributed by atoms with E-state index in [1.165, 1.54) is 14.1 Å². The van der Waals surface area contributed by atoms with E-state index in [4.69, 9.17) is 4.74 Å². The van der Waals surface area contributed by atoms with Gasteiger partial charge in [-0.25, -0.2) is 9.78 Å². The van der Waals surface area contributed by atoms with Gasteiger partial charge in [0.05, 0.1) is 6.04 Å². The van der Waals surface area contributed by atoms with Crippen molar-refractivity contribution < 1.29 is 17.9 Å². The highest BCUT2D eigenvalue weighted by atomic mass is 32.2. The highest BCUT2D eigenvalue weighted by Gasteiger charge is 2.21. The first-order chi connectivity index (χ1) is 11.3. The maximum absolute atomic E-state index is 11.9. The lowest BCUT2D eigenvalue weighted by atomic mass is 10.2. The molecule has 0 radical (unpaired) electrons. The molecule has 1 unspecified atom stereocenters. The molecule has 10 heteroatoms. The summed E-state index contributed by atoms with van der Waals surface area (Å²) in [4.78, 5) is 15.7. The fourth-order valence-corrected chi connectivity index (χ4v) is 2.43. The molecule has 0 aliphatic heterocycles. The summed E-state index contributed by atoms with van der Waals surface area (Å²) in [5.74, 6) is 0.164. The molecular weight excluding hydrogens is 334 g/mol. The molecule has 1 heterocycles. The number of ether oxygens (including phenoxy) is 1. The number of alkyl carbamates (subject to hydrolysis) is 1. The molecule has 24 heavy (non-hydrogen) atoms. The second kappa shape index (κ2) is 7.41. The Morgan fingerprint density at radius 2 is 2.00 bits per heavy atom. The first-order valence-electron chi connectivity index (χ1n) is 7.12. The lowest BCUT2D eigenvalue weighted by Crippen LogP contribution is -2.30. The van der Waals surface area contributed by atoms with Gasteiger partial charge in [-0.1, -0.05) is 30.3 Å². The van der Waals surface area contributed by atoms with Gasteiger partial charge in [0.25, 0.3) is 0 Å². The SMILES string of the molecule is CC(NC(=O)OCc1ccccc1)c1ncn(S(=O)(=O)N(C)C)n1. The highest BCUT2D eigenvalue weighted by Crippen LogP contribution is 2.09. The van der Waals surface area contributed by atoms with Gasteiger partial charge in [0.2, 0.25) is 0 Å². The number of carbonyl (C=O) groups excluding carboxylic acids is 1. The number of amides is 1. The zero-order valence-corrected chi connectivity index (χ0v) is 14.4. The Morgan fingerprint density at radius 1 is 1.33 bits per heavy atom. The van der Waals surface area contributed by atoms with E-state index in [1.807, 2.05) is 30.3 Å². The Kier molecular flexibility index (Phi) is 5.52. The van der Waals surface area contributed by atoms with Crippen molar-refractivity contribution in [2.75, 3.05) is 14.1 Å². The van der Waals surface area contributed by atoms with Gasteiger partial charge in [-0.15, -0.1) is 9.19 Å². The number of hydrogen-bond donors (Lipinski definition) is 1. The highest BCUT2D eigenvalue weighted by molar-refractivity contribution is 7.87. The fourth-order valence-electron chi connectivity index (χ4n) is 1.74. The van der Waals surface area contributed by atoms with Crippen LogP contribution in [0.25, 0.3) is 0 Å². The quantitative estimate of drug-likeness (QED) is 0.828. The Labute approximate surface area is 140 Å². The molecule has 9 nitrogen and oxygen atoms in total. The van der Waals surface area contributed by atoms with E-state index >= 15 is 0 Å². The van der Waals surface area contributed by atoms with E-state index in [9.17, 15) is 13.2 Å². The van der Waals surface area contributed by atoms with Gasteiger partial charge in [-0.3, -0.25) is 0 Å². The molecule has 0 bridgehead atoms. The van der Waals surface area contributed by atoms with Crippen molar-refractivity contribution in [1.29, 1.82) is 0 Å². The smallest absolute Gasteiger partial charge is 0.408 e. The van der Waals surface area contributed by atoms with Crippen molar-refractivity contribution in [1.82, 2.24) is 23.8 Å². The maximum Gasteiger partial charge on any atom is 0.408 e. The third-order valence-electron chi connectivity index (χ3n) is 3.12. The molecule has 1 aromatic heterocycles. The molecule has 130 valence electrons. The van der Waals surface area contributed by atoms with Crippen LogP contribution in [0.3, 0.4) is 0 Å². The minimum absolute atomic E-state index is 0.135. The third-order valence-corrected chi connectivity index (χ3v) is 4.69. The first-order valence-corrected chi connectivity index (χ1v) is 8.52. The van der Waals surface area contributed by atoms with Crippen molar-refractivity contribution >= 4 is 16.3 Å². The molecule has 0 spiro atoms. The van der Waals surface area contributed by atoms with Gasteiger partial charge in [0.15, 0.2) is 5.82 Å². The van der Waals surface area contributed by atoms with Crippen molar-refractivity contribution in [3.63, 3.8) is 0 Å². The molecule has 2 rings (SSSR count). The van der Waals surface area contributed by atoms with Crippen LogP contribution in [0.1, 0.15) is 24.4 Å². The summed E-state index contributed by atoms with van der Waals surface area (Å²) in [6.45, 7) is 1.77. The molecule has 1 N–H and O–H groups in total. The van der Waals surface area contributed by atoms with Gasteiger partial charge in [0, 0.05) is 14.1 Å². The number of nitrogens with zero attached hydrogens (tertiary/aromatic N) is 4. The van der Waals surface area contributed by atoms with Crippen LogP contribution in [0.15, 0.2) is 36.7 Å². The average molecular weight is 353 g/mol. The predicted molar refractivity (Wildman–Crippen MR) is 86.2 cm³/mol. The van der Waals surface area contributed by atoms with Crippen molar-refractivity contribution in [3.05, 3.63) is 48.0 Å². The summed E-state index contributed by atoms with van der Waals surface area (Å²) in [5.41, 5.74) is 0.861. The molecule has 1 amide bonds. The van der Waals surface area contributed by atoms with Gasteiger partial charge < -0.3 is 10.1 Å². The first kappa shape index (κ1) is 17.9. The van der Waals surface area contributed by atoms with Crippen LogP contribution >= 0.6 is 0 Å². The Balaban J connectivity index is 1.94. The van der Waals surface area contributed by atoms with Gasteiger partial charge >= 0.3 is 16.3 Å². The zero-order valence-electron chi connectivity index (χ0n) is 13.6. The normalized spacial score (nSPS) is 12.8. The third kappa shape index (κ3) is 4.30. The van der Waals surface area contributed by atoms with Crippen LogP contribution in [0.4, 0.5) is 4.79 Å². The molecule has 0 saturated carbocycles. The maximum atomic E-state index is 11.9. The zero-order chi connectivity index (χ0) is 17.7. The van der Waals surface area contributed by atoms with Gasteiger partial charge in [0.1, 0.15) is 12.9 Å². The van der Waals surface area contributed by atoms with Crippen LogP contribution in [0.2, 0.25) is 0 Å². The van der Waals surface area contributed by atoms with Crippen LogP contribution in [-0.4, -0.2) is 47.1 Å². The molecule has 0 fully saturated rings. The van der Waals surface area contributed by atoms with E-state index in [2.05, 4.69) is 15.4 Å². The number of nitrogens with one attached hydrogen (secondary N) is 1. The van der Waals surface area contributed by atoms with Crippen LogP contribution in [0.5, 0.6) is 0 Å². The predicted octanol–water partition coefficient (Wildman–Crippen LogP) is 0.920. The monoisotopic (exact) mass is 353 g/mol. The van der Waals surface area contributed by atoms with Crippen LogP contribution in [-0.2, 0) is 21.6 Å². The minimum Gasteiger partial charge on any atom is -0.445 e. The molecule has 1 aromatic carbocycles. The Hall–Kier alpha value is -2.46. The molecule has 0 saturated heterocycles. The summed E-state index contributed by atoms with van der Waals surface area (Å²) >= 11 is 0. The van der Waals surface area contributed by atoms with Gasteiger partial charge in [-0.2, -0.15) is 12.7 Å². The van der Waals surface area contributed by atoms with E-state index in [-0.39, 0.29) is 12.4 Å². The number of carbonyl (C=O) groups is 1. The lowest BCUT2D eigenvalue weighted by molar-refractivity contribution is 0.136. The van der Waals surface area contributed by atoms with E-state index in [0.29, 0.717) is 0 Å². The van der Waals surface area contributed by atoms with E-state index in [0.717, 1.165) is 20.3 Å². The van der Waals surface area contributed by atoms with Crippen molar-refractivity contribution in [2.45, 2.75) is 19.6 Å². The Bertz CT molecular complexity index is 789. The molecule has 1 atom stereocenters. The summed E-state index contributed by atoms with van der Waals surface area (Å²) in [5, 5.41) is 6.43. The summed E-state index contributed by atoms with van der Waals surface area (Å²) < 4.78 is 30.7. The van der Waals surface area contributed by atoms with E-state index < -0.39 is 22.3 Å². The summed E-state index contributed by atoms with van der Waals surface area (Å²) in [6, 6.07) is 8.64. The summed E-state index contributed by atoms with van der Waals surface area (Å²) in [6.07, 6.45) is 0.441. The largest absolute Gasteiger partial charge is 0.445 e. The summed E-state index contributed by atoms with van der Waals surface area (Å²) in [7, 11) is -0.955. The molecule has 0 aliphatic rings. The van der Waals surface area contributed by atoms with Crippen molar-refractivity contribution in [2.24, 2.45) is 0 Å².